The molecule has 1 amide bonds. The Kier molecular flexibility index (Phi) is 6.97. The fourth-order valence-electron chi connectivity index (χ4n) is 4.68. The van der Waals surface area contributed by atoms with E-state index >= 15 is 0 Å². The van der Waals surface area contributed by atoms with Crippen molar-refractivity contribution in [2.75, 3.05) is 19.6 Å². The van der Waals surface area contributed by atoms with Gasteiger partial charge in [0.15, 0.2) is 0 Å². The van der Waals surface area contributed by atoms with Crippen LogP contribution < -0.4 is 11.1 Å². The average molecular weight is 392 g/mol. The first-order valence-corrected chi connectivity index (χ1v) is 9.41. The van der Waals surface area contributed by atoms with E-state index in [0.717, 1.165) is 32.6 Å². The zero-order chi connectivity index (χ0) is 15.1. The highest BCUT2D eigenvalue weighted by Crippen LogP contribution is 2.47. The van der Waals surface area contributed by atoms with Gasteiger partial charge in [0.05, 0.1) is 5.92 Å². The number of amides is 1. The highest BCUT2D eigenvalue weighted by Gasteiger charge is 2.48. The monoisotopic (exact) mass is 391 g/mol. The molecular weight excluding hydrogens is 365 g/mol. The van der Waals surface area contributed by atoms with Crippen molar-refractivity contribution < 1.29 is 4.79 Å². The Morgan fingerprint density at radius 3 is 2.88 bits per heavy atom. The molecule has 4 atom stereocenters. The Bertz CT molecular complexity index is 566. The molecule has 24 heavy (non-hydrogen) atoms. The molecular formula is C17H27Cl2N3OS. The second-order valence-corrected chi connectivity index (χ2v) is 8.12. The van der Waals surface area contributed by atoms with Gasteiger partial charge in [-0.1, -0.05) is 0 Å². The van der Waals surface area contributed by atoms with Crippen molar-refractivity contribution in [1.82, 2.24) is 10.2 Å². The zero-order valence-corrected chi connectivity index (χ0v) is 16.2. The fraction of sp³-hybridized carbons (Fsp3) is 0.706. The first-order valence-electron chi connectivity index (χ1n) is 8.53. The second-order valence-electron chi connectivity index (χ2n) is 7.12. The SMILES string of the molecule is Cl.Cl.NC1C2CCC(C2)C1C(=O)NCCN1CCc2sccc2C1. The molecule has 1 aliphatic heterocycles. The number of nitrogens with two attached hydrogens (primary N) is 1. The topological polar surface area (TPSA) is 58.4 Å². The molecule has 2 aliphatic carbocycles. The Hall–Kier alpha value is -0.330. The fourth-order valence-corrected chi connectivity index (χ4v) is 5.57. The number of nitrogens with zero attached hydrogens (tertiary/aromatic N) is 1. The van der Waals surface area contributed by atoms with Crippen LogP contribution in [0.1, 0.15) is 29.7 Å². The quantitative estimate of drug-likeness (QED) is 0.828. The maximum Gasteiger partial charge on any atom is 0.225 e. The number of hydrogen-bond acceptors (Lipinski definition) is 4. The highest BCUT2D eigenvalue weighted by molar-refractivity contribution is 7.10. The van der Waals surface area contributed by atoms with E-state index in [2.05, 4.69) is 21.7 Å². The van der Waals surface area contributed by atoms with Gasteiger partial charge in [-0.05, 0) is 54.5 Å². The van der Waals surface area contributed by atoms with Crippen LogP contribution in [0.15, 0.2) is 11.4 Å². The van der Waals surface area contributed by atoms with Crippen molar-refractivity contribution in [2.24, 2.45) is 23.5 Å². The molecule has 1 aromatic rings. The van der Waals surface area contributed by atoms with Crippen LogP contribution in [0, 0.1) is 17.8 Å². The van der Waals surface area contributed by atoms with Crippen molar-refractivity contribution in [1.29, 1.82) is 0 Å². The predicted molar refractivity (Wildman–Crippen MR) is 103 cm³/mol. The minimum atomic E-state index is 0. The molecule has 1 aromatic heterocycles. The molecule has 0 radical (unpaired) electrons. The molecule has 2 bridgehead atoms. The summed E-state index contributed by atoms with van der Waals surface area (Å²) in [5, 5.41) is 5.33. The van der Waals surface area contributed by atoms with Gasteiger partial charge in [0, 0.05) is 37.1 Å². The molecule has 4 rings (SSSR count). The van der Waals surface area contributed by atoms with Crippen molar-refractivity contribution >= 4 is 42.1 Å². The minimum absolute atomic E-state index is 0. The molecule has 7 heteroatoms. The van der Waals surface area contributed by atoms with Gasteiger partial charge in [0.1, 0.15) is 0 Å². The number of hydrogen-bond donors (Lipinski definition) is 2. The summed E-state index contributed by atoms with van der Waals surface area (Å²) in [5.74, 6) is 1.42. The third-order valence-electron chi connectivity index (χ3n) is 5.90. The van der Waals surface area contributed by atoms with Crippen molar-refractivity contribution in [3.63, 3.8) is 0 Å². The smallest absolute Gasteiger partial charge is 0.225 e. The van der Waals surface area contributed by atoms with E-state index < -0.39 is 0 Å². The van der Waals surface area contributed by atoms with Gasteiger partial charge in [0.2, 0.25) is 5.91 Å². The lowest BCUT2D eigenvalue weighted by molar-refractivity contribution is -0.127. The molecule has 3 aliphatic rings. The molecule has 2 fully saturated rings. The summed E-state index contributed by atoms with van der Waals surface area (Å²) < 4.78 is 0. The van der Waals surface area contributed by atoms with Crippen LogP contribution in [0.2, 0.25) is 0 Å². The van der Waals surface area contributed by atoms with Crippen LogP contribution in [-0.4, -0.2) is 36.5 Å². The number of carbonyl (C=O) groups excluding carboxylic acids is 1. The molecule has 0 spiro atoms. The normalized spacial score (nSPS) is 31.0. The Morgan fingerprint density at radius 2 is 2.12 bits per heavy atom. The predicted octanol–water partition coefficient (Wildman–Crippen LogP) is 2.44. The third kappa shape index (κ3) is 3.75. The number of nitrogens with one attached hydrogen (secondary N) is 1. The van der Waals surface area contributed by atoms with Crippen LogP contribution in [0.4, 0.5) is 0 Å². The molecule has 2 heterocycles. The molecule has 4 nitrogen and oxygen atoms in total. The average Bonchev–Trinajstić information content (AvgIpc) is 3.21. The minimum Gasteiger partial charge on any atom is -0.355 e. The van der Waals surface area contributed by atoms with E-state index in [4.69, 9.17) is 5.73 Å². The van der Waals surface area contributed by atoms with Crippen molar-refractivity contribution in [3.8, 4) is 0 Å². The van der Waals surface area contributed by atoms with Gasteiger partial charge in [0.25, 0.3) is 0 Å². The summed E-state index contributed by atoms with van der Waals surface area (Å²) in [4.78, 5) is 16.4. The number of fused-ring (bicyclic) bond motifs is 3. The summed E-state index contributed by atoms with van der Waals surface area (Å²) in [5.41, 5.74) is 7.72. The Morgan fingerprint density at radius 1 is 1.33 bits per heavy atom. The zero-order valence-electron chi connectivity index (χ0n) is 13.8. The Labute approximate surface area is 160 Å². The van der Waals surface area contributed by atoms with Gasteiger partial charge in [-0.2, -0.15) is 0 Å². The number of rotatable bonds is 4. The summed E-state index contributed by atoms with van der Waals surface area (Å²) in [7, 11) is 0. The number of halogens is 2. The Balaban J connectivity index is 0.00000104. The van der Waals surface area contributed by atoms with E-state index in [9.17, 15) is 4.79 Å². The maximum atomic E-state index is 12.4. The molecule has 3 N–H and O–H groups in total. The number of thiophene rings is 1. The summed E-state index contributed by atoms with van der Waals surface area (Å²) >= 11 is 1.87. The first kappa shape index (κ1) is 20.0. The van der Waals surface area contributed by atoms with Gasteiger partial charge >= 0.3 is 0 Å². The van der Waals surface area contributed by atoms with E-state index in [1.165, 1.54) is 29.7 Å². The van der Waals surface area contributed by atoms with Crippen LogP contribution in [0.25, 0.3) is 0 Å². The first-order chi connectivity index (χ1) is 10.7. The van der Waals surface area contributed by atoms with Crippen LogP contribution in [-0.2, 0) is 17.8 Å². The lowest BCUT2D eigenvalue weighted by Gasteiger charge is -2.29. The molecule has 0 aromatic carbocycles. The largest absolute Gasteiger partial charge is 0.355 e. The second kappa shape index (κ2) is 8.37. The molecule has 0 saturated heterocycles. The summed E-state index contributed by atoms with van der Waals surface area (Å²) in [6.07, 6.45) is 4.75. The van der Waals surface area contributed by atoms with Gasteiger partial charge in [-0.25, -0.2) is 0 Å². The van der Waals surface area contributed by atoms with Gasteiger partial charge in [-0.3, -0.25) is 9.69 Å². The lowest BCUT2D eigenvalue weighted by Crippen LogP contribution is -2.47. The van der Waals surface area contributed by atoms with E-state index in [0.29, 0.717) is 11.8 Å². The molecule has 2 saturated carbocycles. The van der Waals surface area contributed by atoms with Crippen LogP contribution in [0.5, 0.6) is 0 Å². The standard InChI is InChI=1S/C17H25N3OS.2ClH/c18-16-12-2-1-11(9-12)15(16)17(21)19-5-7-20-6-3-14-13(10-20)4-8-22-14;;/h4,8,11-12,15-16H,1-3,5-7,9-10,18H2,(H,19,21);2*1H. The van der Waals surface area contributed by atoms with Gasteiger partial charge in [-0.15, -0.1) is 36.2 Å². The van der Waals surface area contributed by atoms with Crippen LogP contribution >= 0.6 is 36.2 Å². The van der Waals surface area contributed by atoms with Gasteiger partial charge < -0.3 is 11.1 Å². The van der Waals surface area contributed by atoms with E-state index in [1.54, 1.807) is 0 Å². The maximum absolute atomic E-state index is 12.4. The third-order valence-corrected chi connectivity index (χ3v) is 6.92. The summed E-state index contributed by atoms with van der Waals surface area (Å²) in [6.45, 7) is 3.83. The van der Waals surface area contributed by atoms with Crippen LogP contribution in [0.3, 0.4) is 0 Å². The van der Waals surface area contributed by atoms with Crippen molar-refractivity contribution in [3.05, 3.63) is 21.9 Å². The number of carbonyl (C=O) groups is 1. The molecule has 4 unspecified atom stereocenters. The highest BCUT2D eigenvalue weighted by atomic mass is 35.5. The lowest BCUT2D eigenvalue weighted by atomic mass is 9.84. The van der Waals surface area contributed by atoms with Crippen molar-refractivity contribution in [2.45, 2.75) is 38.3 Å². The summed E-state index contributed by atoms with van der Waals surface area (Å²) in [6, 6.07) is 2.33. The molecule has 136 valence electrons. The van der Waals surface area contributed by atoms with E-state index in [-0.39, 0.29) is 42.7 Å². The van der Waals surface area contributed by atoms with E-state index in [1.807, 2.05) is 11.3 Å².